The van der Waals surface area contributed by atoms with Gasteiger partial charge in [-0.3, -0.25) is 9.59 Å². The van der Waals surface area contributed by atoms with Gasteiger partial charge in [-0.2, -0.15) is 0 Å². The van der Waals surface area contributed by atoms with Crippen molar-refractivity contribution < 1.29 is 24.2 Å². The van der Waals surface area contributed by atoms with Crippen LogP contribution in [0, 0.1) is 11.8 Å². The van der Waals surface area contributed by atoms with Crippen molar-refractivity contribution in [3.8, 4) is 0 Å². The Morgan fingerprint density at radius 1 is 0.450 bits per heavy atom. The van der Waals surface area contributed by atoms with Crippen molar-refractivity contribution in [2.75, 3.05) is 13.2 Å². The zero-order chi connectivity index (χ0) is 29.7. The summed E-state index contributed by atoms with van der Waals surface area (Å²) in [5.74, 6) is 1.07. The molecular formula is C35H68O5. The lowest BCUT2D eigenvalue weighted by Crippen LogP contribution is -2.25. The summed E-state index contributed by atoms with van der Waals surface area (Å²) in [5, 5.41) is 9.94. The Kier molecular flexibility index (Phi) is 28.6. The van der Waals surface area contributed by atoms with Crippen LogP contribution in [0.25, 0.3) is 0 Å². The minimum Gasteiger partial charge on any atom is -0.463 e. The molecule has 0 aromatic carbocycles. The molecule has 1 N–H and O–H groups in total. The Hall–Kier alpha value is -1.10. The molecule has 5 heteroatoms. The summed E-state index contributed by atoms with van der Waals surface area (Å²) < 4.78 is 10.3. The fraction of sp³-hybridized carbons (Fsp3) is 0.943. The molecule has 1 atom stereocenters. The molecule has 0 amide bonds. The van der Waals surface area contributed by atoms with Gasteiger partial charge in [0, 0.05) is 12.8 Å². The molecular weight excluding hydrogens is 500 g/mol. The first-order valence-electron chi connectivity index (χ1n) is 17.3. The number of aliphatic hydroxyl groups is 1. The predicted octanol–water partition coefficient (Wildman–Crippen LogP) is 10.1. The van der Waals surface area contributed by atoms with E-state index in [2.05, 4.69) is 27.7 Å². The van der Waals surface area contributed by atoms with Gasteiger partial charge >= 0.3 is 11.9 Å². The van der Waals surface area contributed by atoms with Crippen molar-refractivity contribution in [1.29, 1.82) is 0 Å². The number of aliphatic hydroxyl groups excluding tert-OH is 1. The second kappa shape index (κ2) is 29.4. The maximum atomic E-state index is 11.9. The Morgan fingerprint density at radius 2 is 0.700 bits per heavy atom. The summed E-state index contributed by atoms with van der Waals surface area (Å²) in [4.78, 5) is 23.7. The van der Waals surface area contributed by atoms with Crippen LogP contribution in [0.15, 0.2) is 0 Å². The fourth-order valence-electron chi connectivity index (χ4n) is 5.04. The topological polar surface area (TPSA) is 72.8 Å². The van der Waals surface area contributed by atoms with Gasteiger partial charge in [0.1, 0.15) is 19.3 Å². The summed E-state index contributed by atoms with van der Waals surface area (Å²) in [6.45, 7) is 8.92. The molecule has 0 aliphatic carbocycles. The zero-order valence-corrected chi connectivity index (χ0v) is 27.2. The molecule has 0 saturated carbocycles. The molecule has 0 saturated heterocycles. The first-order chi connectivity index (χ1) is 19.3. The van der Waals surface area contributed by atoms with Gasteiger partial charge in [-0.25, -0.2) is 0 Å². The van der Waals surface area contributed by atoms with Gasteiger partial charge in [0.25, 0.3) is 0 Å². The maximum Gasteiger partial charge on any atom is 0.305 e. The molecule has 0 bridgehead atoms. The summed E-state index contributed by atoms with van der Waals surface area (Å²) in [7, 11) is 0. The number of hydrogen-bond acceptors (Lipinski definition) is 5. The van der Waals surface area contributed by atoms with Gasteiger partial charge in [-0.15, -0.1) is 0 Å². The minimum absolute atomic E-state index is 0.110. The molecule has 0 spiro atoms. The fourth-order valence-corrected chi connectivity index (χ4v) is 5.04. The first-order valence-corrected chi connectivity index (χ1v) is 17.3. The van der Waals surface area contributed by atoms with E-state index in [1.807, 2.05) is 0 Å². The van der Waals surface area contributed by atoms with E-state index in [1.165, 1.54) is 109 Å². The number of hydrogen-bond donors (Lipinski definition) is 1. The van der Waals surface area contributed by atoms with Gasteiger partial charge < -0.3 is 14.6 Å². The summed E-state index contributed by atoms with van der Waals surface area (Å²) in [6.07, 6.45) is 27.4. The van der Waals surface area contributed by atoms with E-state index in [9.17, 15) is 14.7 Å². The van der Waals surface area contributed by atoms with Crippen molar-refractivity contribution in [1.82, 2.24) is 0 Å². The van der Waals surface area contributed by atoms with E-state index in [0.29, 0.717) is 12.8 Å². The molecule has 0 unspecified atom stereocenters. The lowest BCUT2D eigenvalue weighted by molar-refractivity contribution is -0.152. The van der Waals surface area contributed by atoms with Crippen molar-refractivity contribution >= 4 is 11.9 Å². The second-order valence-corrected chi connectivity index (χ2v) is 13.0. The van der Waals surface area contributed by atoms with Crippen LogP contribution < -0.4 is 0 Å². The van der Waals surface area contributed by atoms with Gasteiger partial charge in [0.05, 0.1) is 0 Å². The van der Waals surface area contributed by atoms with E-state index in [4.69, 9.17) is 9.47 Å². The van der Waals surface area contributed by atoms with Crippen molar-refractivity contribution in [2.24, 2.45) is 11.8 Å². The molecule has 238 valence electrons. The van der Waals surface area contributed by atoms with E-state index >= 15 is 0 Å². The number of ether oxygens (including phenoxy) is 2. The third-order valence-corrected chi connectivity index (χ3v) is 7.70. The molecule has 0 aliphatic rings. The summed E-state index contributed by atoms with van der Waals surface area (Å²) in [6, 6.07) is 0. The van der Waals surface area contributed by atoms with Crippen molar-refractivity contribution in [2.45, 2.75) is 188 Å². The third-order valence-electron chi connectivity index (χ3n) is 7.70. The Balaban J connectivity index is 3.39. The van der Waals surface area contributed by atoms with Crippen LogP contribution in [0.1, 0.15) is 182 Å². The number of carbonyl (C=O) groups excluding carboxylic acids is 2. The van der Waals surface area contributed by atoms with Crippen LogP contribution >= 0.6 is 0 Å². The SMILES string of the molecule is CC(C)CCCCCCCCCCCCCCCCC(=O)OC[C@@H](O)COC(=O)CCCCCCCCC(C)C. The summed E-state index contributed by atoms with van der Waals surface area (Å²) in [5.41, 5.74) is 0. The van der Waals surface area contributed by atoms with Gasteiger partial charge in [-0.1, -0.05) is 156 Å². The molecule has 5 nitrogen and oxygen atoms in total. The standard InChI is InChI=1S/C35H68O5/c1-31(2)25-21-17-13-11-9-7-5-6-8-10-12-14-19-23-27-34(37)39-29-33(36)30-40-35(38)28-24-20-16-15-18-22-26-32(3)4/h31-33,36H,5-30H2,1-4H3/t33-/m1/s1. The van der Waals surface area contributed by atoms with Crippen LogP contribution in [0.3, 0.4) is 0 Å². The smallest absolute Gasteiger partial charge is 0.305 e. The average Bonchev–Trinajstić information content (AvgIpc) is 2.91. The van der Waals surface area contributed by atoms with Crippen molar-refractivity contribution in [3.63, 3.8) is 0 Å². The number of esters is 2. The average molecular weight is 569 g/mol. The Bertz CT molecular complexity index is 560. The molecule has 40 heavy (non-hydrogen) atoms. The van der Waals surface area contributed by atoms with E-state index in [-0.39, 0.29) is 25.2 Å². The lowest BCUT2D eigenvalue weighted by Gasteiger charge is -2.12. The van der Waals surface area contributed by atoms with E-state index < -0.39 is 6.10 Å². The quantitative estimate of drug-likeness (QED) is 0.0689. The minimum atomic E-state index is -0.955. The number of unbranched alkanes of at least 4 members (excludes halogenated alkanes) is 18. The molecule has 0 heterocycles. The lowest BCUT2D eigenvalue weighted by atomic mass is 10.0. The van der Waals surface area contributed by atoms with Crippen molar-refractivity contribution in [3.05, 3.63) is 0 Å². The molecule has 0 rings (SSSR count). The largest absolute Gasteiger partial charge is 0.463 e. The van der Waals surface area contributed by atoms with Crippen LogP contribution in [0.4, 0.5) is 0 Å². The Labute approximate surface area is 248 Å². The highest BCUT2D eigenvalue weighted by atomic mass is 16.6. The van der Waals surface area contributed by atoms with Crippen LogP contribution in [0.5, 0.6) is 0 Å². The molecule has 0 aromatic heterocycles. The predicted molar refractivity (Wildman–Crippen MR) is 168 cm³/mol. The Morgan fingerprint density at radius 3 is 0.975 bits per heavy atom. The molecule has 0 radical (unpaired) electrons. The highest BCUT2D eigenvalue weighted by molar-refractivity contribution is 5.69. The maximum absolute atomic E-state index is 11.9. The van der Waals surface area contributed by atoms with Crippen LogP contribution in [-0.2, 0) is 19.1 Å². The van der Waals surface area contributed by atoms with Gasteiger partial charge in [-0.05, 0) is 24.7 Å². The van der Waals surface area contributed by atoms with E-state index in [1.54, 1.807) is 0 Å². The normalized spacial score (nSPS) is 12.3. The molecule has 0 aliphatic heterocycles. The highest BCUT2D eigenvalue weighted by Gasteiger charge is 2.12. The second-order valence-electron chi connectivity index (χ2n) is 13.0. The first kappa shape index (κ1) is 38.9. The highest BCUT2D eigenvalue weighted by Crippen LogP contribution is 2.15. The molecule has 0 aromatic rings. The number of rotatable bonds is 30. The number of carbonyl (C=O) groups is 2. The van der Waals surface area contributed by atoms with E-state index in [0.717, 1.165) is 43.9 Å². The zero-order valence-electron chi connectivity index (χ0n) is 27.2. The monoisotopic (exact) mass is 569 g/mol. The third kappa shape index (κ3) is 31.4. The molecule has 0 fully saturated rings. The van der Waals surface area contributed by atoms with Crippen LogP contribution in [-0.4, -0.2) is 36.4 Å². The van der Waals surface area contributed by atoms with Gasteiger partial charge in [0.15, 0.2) is 0 Å². The summed E-state index contributed by atoms with van der Waals surface area (Å²) >= 11 is 0. The van der Waals surface area contributed by atoms with Gasteiger partial charge in [0.2, 0.25) is 0 Å². The van der Waals surface area contributed by atoms with Crippen LogP contribution in [0.2, 0.25) is 0 Å².